The molecule has 5 rings (SSSR count). The van der Waals surface area contributed by atoms with Gasteiger partial charge in [0.05, 0.1) is 12.1 Å². The summed E-state index contributed by atoms with van der Waals surface area (Å²) < 4.78 is 8.38. The highest BCUT2D eigenvalue weighted by Gasteiger charge is 2.17. The second-order valence-electron chi connectivity index (χ2n) is 6.33. The lowest BCUT2D eigenvalue weighted by atomic mass is 10.2. The van der Waals surface area contributed by atoms with Crippen LogP contribution in [0.3, 0.4) is 0 Å². The van der Waals surface area contributed by atoms with Crippen LogP contribution in [-0.4, -0.2) is 24.3 Å². The van der Waals surface area contributed by atoms with E-state index in [0.29, 0.717) is 29.5 Å². The van der Waals surface area contributed by atoms with E-state index in [2.05, 4.69) is 15.2 Å². The van der Waals surface area contributed by atoms with Crippen molar-refractivity contribution in [2.24, 2.45) is 0 Å². The van der Waals surface area contributed by atoms with Crippen molar-refractivity contribution in [1.82, 2.24) is 24.3 Å². The minimum atomic E-state index is -0.219. The summed E-state index contributed by atoms with van der Waals surface area (Å²) in [6.45, 7) is 0.389. The molecule has 3 heterocycles. The van der Waals surface area contributed by atoms with E-state index in [9.17, 15) is 4.79 Å². The Labute approximate surface area is 159 Å². The van der Waals surface area contributed by atoms with Crippen molar-refractivity contribution in [3.63, 3.8) is 0 Å². The van der Waals surface area contributed by atoms with Gasteiger partial charge in [-0.3, -0.25) is 0 Å². The maximum Gasteiger partial charge on any atom is 0.350 e. The number of benzene rings is 2. The summed E-state index contributed by atoms with van der Waals surface area (Å²) in [6.07, 6.45) is 1.68. The summed E-state index contributed by atoms with van der Waals surface area (Å²) in [5, 5.41) is 8.56. The Bertz CT molecular complexity index is 1300. The minimum absolute atomic E-state index is 0.219. The predicted molar refractivity (Wildman–Crippen MR) is 104 cm³/mol. The Hall–Kier alpha value is -4.00. The molecule has 0 N–H and O–H groups in total. The van der Waals surface area contributed by atoms with Gasteiger partial charge in [0, 0.05) is 11.8 Å². The van der Waals surface area contributed by atoms with E-state index in [4.69, 9.17) is 4.52 Å². The van der Waals surface area contributed by atoms with Gasteiger partial charge >= 0.3 is 5.69 Å². The standard InChI is InChI=1S/C21H15N5O2/c27-21-25-13-7-12-17(19(25)23-26(21)14-15-8-3-1-4-9-15)20-22-18(24-28-20)16-10-5-2-6-11-16/h1-13H,14H2. The molecule has 5 aromatic rings. The number of fused-ring (bicyclic) bond motifs is 1. The molecule has 0 aliphatic rings. The fourth-order valence-electron chi connectivity index (χ4n) is 3.10. The first-order valence-corrected chi connectivity index (χ1v) is 8.81. The van der Waals surface area contributed by atoms with Crippen LogP contribution in [0.15, 0.2) is 88.3 Å². The fourth-order valence-corrected chi connectivity index (χ4v) is 3.10. The molecule has 7 nitrogen and oxygen atoms in total. The molecule has 28 heavy (non-hydrogen) atoms. The van der Waals surface area contributed by atoms with E-state index in [1.807, 2.05) is 66.7 Å². The molecular formula is C21H15N5O2. The quantitative estimate of drug-likeness (QED) is 0.486. The Morgan fingerprint density at radius 3 is 2.43 bits per heavy atom. The van der Waals surface area contributed by atoms with Crippen LogP contribution in [0, 0.1) is 0 Å². The second kappa shape index (κ2) is 6.62. The van der Waals surface area contributed by atoms with Gasteiger partial charge < -0.3 is 4.52 Å². The first-order valence-electron chi connectivity index (χ1n) is 8.81. The predicted octanol–water partition coefficient (Wildman–Crippen LogP) is 3.26. The minimum Gasteiger partial charge on any atom is -0.333 e. The van der Waals surface area contributed by atoms with E-state index in [1.165, 1.54) is 9.08 Å². The van der Waals surface area contributed by atoms with Crippen molar-refractivity contribution >= 4 is 5.65 Å². The maximum absolute atomic E-state index is 12.7. The topological polar surface area (TPSA) is 78.2 Å². The van der Waals surface area contributed by atoms with Crippen molar-refractivity contribution < 1.29 is 4.52 Å². The van der Waals surface area contributed by atoms with Crippen molar-refractivity contribution in [1.29, 1.82) is 0 Å². The molecule has 0 spiro atoms. The summed E-state index contributed by atoms with van der Waals surface area (Å²) in [5.41, 5.74) is 2.73. The molecular weight excluding hydrogens is 354 g/mol. The van der Waals surface area contributed by atoms with Crippen LogP contribution in [-0.2, 0) is 6.54 Å². The van der Waals surface area contributed by atoms with Crippen LogP contribution >= 0.6 is 0 Å². The zero-order chi connectivity index (χ0) is 18.9. The Kier molecular flexibility index (Phi) is 3.83. The smallest absolute Gasteiger partial charge is 0.333 e. The molecule has 0 amide bonds. The SMILES string of the molecule is O=c1n(Cc2ccccc2)nc2c(-c3nc(-c4ccccc4)no3)cccn12. The van der Waals surface area contributed by atoms with Crippen LogP contribution in [0.1, 0.15) is 5.56 Å². The van der Waals surface area contributed by atoms with Gasteiger partial charge in [-0.15, -0.1) is 5.10 Å². The molecule has 0 aliphatic carbocycles. The number of hydrogen-bond donors (Lipinski definition) is 0. The van der Waals surface area contributed by atoms with Crippen LogP contribution in [0.5, 0.6) is 0 Å². The second-order valence-corrected chi connectivity index (χ2v) is 6.33. The Balaban J connectivity index is 1.58. The first kappa shape index (κ1) is 16.2. The fraction of sp³-hybridized carbons (Fsp3) is 0.0476. The largest absolute Gasteiger partial charge is 0.350 e. The lowest BCUT2D eigenvalue weighted by molar-refractivity contribution is 0.432. The molecule has 0 aliphatic heterocycles. The van der Waals surface area contributed by atoms with E-state index in [1.54, 1.807) is 12.3 Å². The number of pyridine rings is 1. The van der Waals surface area contributed by atoms with E-state index < -0.39 is 0 Å². The summed E-state index contributed by atoms with van der Waals surface area (Å²) in [7, 11) is 0. The van der Waals surface area contributed by atoms with Crippen molar-refractivity contribution in [2.75, 3.05) is 0 Å². The molecule has 0 radical (unpaired) electrons. The highest BCUT2D eigenvalue weighted by atomic mass is 16.5. The van der Waals surface area contributed by atoms with Crippen LogP contribution in [0.4, 0.5) is 0 Å². The molecule has 0 saturated heterocycles. The van der Waals surface area contributed by atoms with E-state index in [0.717, 1.165) is 11.1 Å². The molecule has 136 valence electrons. The van der Waals surface area contributed by atoms with Crippen LogP contribution in [0.25, 0.3) is 28.5 Å². The van der Waals surface area contributed by atoms with Gasteiger partial charge in [-0.1, -0.05) is 65.8 Å². The van der Waals surface area contributed by atoms with Gasteiger partial charge in [0.15, 0.2) is 5.65 Å². The summed E-state index contributed by atoms with van der Waals surface area (Å²) in [4.78, 5) is 17.2. The van der Waals surface area contributed by atoms with Gasteiger partial charge in [-0.25, -0.2) is 13.9 Å². The third-order valence-electron chi connectivity index (χ3n) is 4.47. The Morgan fingerprint density at radius 1 is 0.893 bits per heavy atom. The average molecular weight is 369 g/mol. The Morgan fingerprint density at radius 2 is 1.64 bits per heavy atom. The molecule has 3 aromatic heterocycles. The highest BCUT2D eigenvalue weighted by molar-refractivity contribution is 5.72. The molecule has 0 atom stereocenters. The van der Waals surface area contributed by atoms with Crippen LogP contribution in [0.2, 0.25) is 0 Å². The normalized spacial score (nSPS) is 11.1. The lowest BCUT2D eigenvalue weighted by Gasteiger charge is -1.98. The number of rotatable bonds is 4. The zero-order valence-corrected chi connectivity index (χ0v) is 14.8. The summed E-state index contributed by atoms with van der Waals surface area (Å²) in [6, 6.07) is 22.9. The van der Waals surface area contributed by atoms with Crippen molar-refractivity contribution in [3.05, 3.63) is 95.0 Å². The lowest BCUT2D eigenvalue weighted by Crippen LogP contribution is -2.21. The number of nitrogens with zero attached hydrogens (tertiary/aromatic N) is 5. The third kappa shape index (κ3) is 2.79. The molecule has 0 unspecified atom stereocenters. The average Bonchev–Trinajstić information content (AvgIpc) is 3.35. The van der Waals surface area contributed by atoms with Crippen LogP contribution < -0.4 is 5.69 Å². The molecule has 0 bridgehead atoms. The van der Waals surface area contributed by atoms with Crippen molar-refractivity contribution in [3.8, 4) is 22.8 Å². The van der Waals surface area contributed by atoms with E-state index >= 15 is 0 Å². The van der Waals surface area contributed by atoms with E-state index in [-0.39, 0.29) is 5.69 Å². The van der Waals surface area contributed by atoms with Gasteiger partial charge in [0.25, 0.3) is 5.89 Å². The molecule has 2 aromatic carbocycles. The third-order valence-corrected chi connectivity index (χ3v) is 4.47. The zero-order valence-electron chi connectivity index (χ0n) is 14.8. The van der Waals surface area contributed by atoms with Gasteiger partial charge in [0.2, 0.25) is 5.82 Å². The van der Waals surface area contributed by atoms with Gasteiger partial charge in [-0.2, -0.15) is 4.98 Å². The molecule has 7 heteroatoms. The monoisotopic (exact) mass is 369 g/mol. The van der Waals surface area contributed by atoms with Gasteiger partial charge in [-0.05, 0) is 17.7 Å². The highest BCUT2D eigenvalue weighted by Crippen LogP contribution is 2.24. The summed E-state index contributed by atoms with van der Waals surface area (Å²) in [5.74, 6) is 0.810. The number of hydrogen-bond acceptors (Lipinski definition) is 5. The van der Waals surface area contributed by atoms with Gasteiger partial charge in [0.1, 0.15) is 0 Å². The maximum atomic E-state index is 12.7. The molecule has 0 saturated carbocycles. The number of aromatic nitrogens is 5. The summed E-state index contributed by atoms with van der Waals surface area (Å²) >= 11 is 0. The first-order chi connectivity index (χ1) is 13.8. The molecule has 0 fully saturated rings. The van der Waals surface area contributed by atoms with Crippen molar-refractivity contribution in [2.45, 2.75) is 6.54 Å².